The lowest BCUT2D eigenvalue weighted by atomic mass is 10.1. The van der Waals surface area contributed by atoms with Crippen LogP contribution in [0.15, 0.2) is 18.2 Å². The van der Waals surface area contributed by atoms with Crippen LogP contribution in [-0.4, -0.2) is 46.4 Å². The van der Waals surface area contributed by atoms with Crippen LogP contribution in [0.5, 0.6) is 0 Å². The summed E-state index contributed by atoms with van der Waals surface area (Å²) in [5.41, 5.74) is 2.39. The maximum absolute atomic E-state index is 12.2. The maximum Gasteiger partial charge on any atom is 0.240 e. The molecule has 1 aliphatic carbocycles. The summed E-state index contributed by atoms with van der Waals surface area (Å²) in [5.74, 6) is -0.308. The van der Waals surface area contributed by atoms with Gasteiger partial charge in [0.2, 0.25) is 15.9 Å². The van der Waals surface area contributed by atoms with Crippen LogP contribution >= 0.6 is 0 Å². The fourth-order valence-corrected chi connectivity index (χ4v) is 4.09. The highest BCUT2D eigenvalue weighted by atomic mass is 32.2. The smallest absolute Gasteiger partial charge is 0.240 e. The maximum atomic E-state index is 12.2. The Kier molecular flexibility index (Phi) is 7.46. The average Bonchev–Trinajstić information content (AvgIpc) is 3.07. The second-order valence-corrected chi connectivity index (χ2v) is 8.88. The number of aryl methyl sites for hydroxylation is 1. The summed E-state index contributed by atoms with van der Waals surface area (Å²) >= 11 is 0. The predicted octanol–water partition coefficient (Wildman–Crippen LogP) is 2.53. The van der Waals surface area contributed by atoms with Gasteiger partial charge in [0.25, 0.3) is 0 Å². The molecule has 0 radical (unpaired) electrons. The van der Waals surface area contributed by atoms with E-state index in [1.54, 1.807) is 12.1 Å². The molecule has 1 aromatic rings. The van der Waals surface area contributed by atoms with E-state index in [2.05, 4.69) is 5.32 Å². The molecule has 7 heteroatoms. The van der Waals surface area contributed by atoms with E-state index in [9.17, 15) is 13.2 Å². The number of rotatable bonds is 9. The third-order valence-electron chi connectivity index (χ3n) is 4.83. The molecule has 1 amide bonds. The molecule has 6 nitrogen and oxygen atoms in total. The number of hydrogen-bond acceptors (Lipinski definition) is 4. The first-order valence-corrected chi connectivity index (χ1v) is 11.1. The molecule has 0 aliphatic heterocycles. The predicted molar refractivity (Wildman–Crippen MR) is 104 cm³/mol. The van der Waals surface area contributed by atoms with Gasteiger partial charge in [-0.1, -0.05) is 25.0 Å². The van der Waals surface area contributed by atoms with Crippen molar-refractivity contribution in [3.63, 3.8) is 0 Å². The summed E-state index contributed by atoms with van der Waals surface area (Å²) in [6.45, 7) is 4.67. The summed E-state index contributed by atoms with van der Waals surface area (Å²) in [4.78, 5) is 12.2. The molecule has 0 atom stereocenters. The van der Waals surface area contributed by atoms with E-state index in [0.29, 0.717) is 24.9 Å². The van der Waals surface area contributed by atoms with E-state index in [1.165, 1.54) is 17.1 Å². The molecule has 146 valence electrons. The molecule has 1 aliphatic rings. The molecule has 1 aromatic carbocycles. The van der Waals surface area contributed by atoms with E-state index in [4.69, 9.17) is 4.74 Å². The van der Waals surface area contributed by atoms with Crippen LogP contribution < -0.4 is 9.62 Å². The van der Waals surface area contributed by atoms with Crippen LogP contribution in [-0.2, 0) is 19.6 Å². The Bertz CT molecular complexity index is 712. The number of carbonyl (C=O) groups is 1. The minimum absolute atomic E-state index is 0.216. The molecular formula is C19H30N2O4S. The minimum atomic E-state index is -3.55. The van der Waals surface area contributed by atoms with Crippen LogP contribution in [0.3, 0.4) is 0 Å². The fourth-order valence-electron chi connectivity index (χ4n) is 3.18. The average molecular weight is 383 g/mol. The lowest BCUT2D eigenvalue weighted by Gasteiger charge is -2.24. The molecule has 1 N–H and O–H groups in total. The van der Waals surface area contributed by atoms with Crippen molar-refractivity contribution in [2.45, 2.75) is 52.1 Å². The number of amides is 1. The molecule has 0 unspecified atom stereocenters. The van der Waals surface area contributed by atoms with Crippen molar-refractivity contribution in [2.24, 2.45) is 0 Å². The molecule has 26 heavy (non-hydrogen) atoms. The van der Waals surface area contributed by atoms with E-state index >= 15 is 0 Å². The standard InChI is InChI=1S/C19H30N2O4S/c1-15-8-6-11-18(16(15)2)21(26(3,23)24)14-19(22)20-12-7-13-25-17-9-4-5-10-17/h6,8,11,17H,4-5,7,9-10,12-14H2,1-3H3,(H,20,22). The van der Waals surface area contributed by atoms with Crippen LogP contribution in [0.25, 0.3) is 0 Å². The first kappa shape index (κ1) is 20.7. The van der Waals surface area contributed by atoms with E-state index in [0.717, 1.165) is 36.6 Å². The quantitative estimate of drug-likeness (QED) is 0.666. The van der Waals surface area contributed by atoms with Gasteiger partial charge in [0.1, 0.15) is 6.54 Å². The van der Waals surface area contributed by atoms with Gasteiger partial charge in [-0.3, -0.25) is 9.10 Å². The first-order chi connectivity index (χ1) is 12.3. The number of carbonyl (C=O) groups excluding carboxylic acids is 1. The molecule has 1 fully saturated rings. The van der Waals surface area contributed by atoms with Crippen molar-refractivity contribution in [1.82, 2.24) is 5.32 Å². The zero-order chi connectivity index (χ0) is 19.2. The van der Waals surface area contributed by atoms with Gasteiger partial charge < -0.3 is 10.1 Å². The summed E-state index contributed by atoms with van der Waals surface area (Å²) < 4.78 is 31.3. The molecular weight excluding hydrogens is 352 g/mol. The Morgan fingerprint density at radius 1 is 1.27 bits per heavy atom. The first-order valence-electron chi connectivity index (χ1n) is 9.21. The van der Waals surface area contributed by atoms with Crippen molar-refractivity contribution in [3.8, 4) is 0 Å². The highest BCUT2D eigenvalue weighted by molar-refractivity contribution is 7.92. The van der Waals surface area contributed by atoms with Gasteiger partial charge in [0.05, 0.1) is 18.0 Å². The Morgan fingerprint density at radius 2 is 1.96 bits per heavy atom. The molecule has 0 saturated heterocycles. The number of hydrogen-bond donors (Lipinski definition) is 1. The zero-order valence-corrected chi connectivity index (χ0v) is 16.8. The van der Waals surface area contributed by atoms with Gasteiger partial charge in [-0.25, -0.2) is 8.42 Å². The number of nitrogens with one attached hydrogen (secondary N) is 1. The van der Waals surface area contributed by atoms with Gasteiger partial charge in [0.15, 0.2) is 0 Å². The van der Waals surface area contributed by atoms with Crippen molar-refractivity contribution >= 4 is 21.6 Å². The number of nitrogens with zero attached hydrogens (tertiary/aromatic N) is 1. The van der Waals surface area contributed by atoms with Crippen molar-refractivity contribution in [2.75, 3.05) is 30.3 Å². The lowest BCUT2D eigenvalue weighted by Crippen LogP contribution is -2.41. The Morgan fingerprint density at radius 3 is 2.62 bits per heavy atom. The highest BCUT2D eigenvalue weighted by Crippen LogP contribution is 2.24. The molecule has 2 rings (SSSR count). The van der Waals surface area contributed by atoms with Gasteiger partial charge in [0, 0.05) is 13.2 Å². The topological polar surface area (TPSA) is 75.7 Å². The highest BCUT2D eigenvalue weighted by Gasteiger charge is 2.22. The van der Waals surface area contributed by atoms with Gasteiger partial charge >= 0.3 is 0 Å². The molecule has 0 aromatic heterocycles. The van der Waals surface area contributed by atoms with Gasteiger partial charge in [-0.05, 0) is 50.3 Å². The second-order valence-electron chi connectivity index (χ2n) is 6.97. The normalized spacial score (nSPS) is 15.2. The number of ether oxygens (including phenoxy) is 1. The van der Waals surface area contributed by atoms with Crippen molar-refractivity contribution < 1.29 is 17.9 Å². The van der Waals surface area contributed by atoms with Crippen LogP contribution in [0.1, 0.15) is 43.2 Å². The zero-order valence-electron chi connectivity index (χ0n) is 16.0. The monoisotopic (exact) mass is 382 g/mol. The molecule has 1 saturated carbocycles. The lowest BCUT2D eigenvalue weighted by molar-refractivity contribution is -0.119. The van der Waals surface area contributed by atoms with E-state index < -0.39 is 10.0 Å². The van der Waals surface area contributed by atoms with Crippen LogP contribution in [0.4, 0.5) is 5.69 Å². The minimum Gasteiger partial charge on any atom is -0.378 e. The second kappa shape index (κ2) is 9.37. The number of anilines is 1. The van der Waals surface area contributed by atoms with E-state index in [-0.39, 0.29) is 12.5 Å². The van der Waals surface area contributed by atoms with E-state index in [1.807, 2.05) is 19.9 Å². The summed E-state index contributed by atoms with van der Waals surface area (Å²) in [5, 5.41) is 2.79. The van der Waals surface area contributed by atoms with Crippen molar-refractivity contribution in [3.05, 3.63) is 29.3 Å². The third-order valence-corrected chi connectivity index (χ3v) is 5.96. The van der Waals surface area contributed by atoms with Crippen molar-refractivity contribution in [1.29, 1.82) is 0 Å². The summed E-state index contributed by atoms with van der Waals surface area (Å²) in [6.07, 6.45) is 6.96. The number of benzene rings is 1. The van der Waals surface area contributed by atoms with Gasteiger partial charge in [-0.15, -0.1) is 0 Å². The summed E-state index contributed by atoms with van der Waals surface area (Å²) in [7, 11) is -3.55. The summed E-state index contributed by atoms with van der Waals surface area (Å²) in [6, 6.07) is 5.45. The van der Waals surface area contributed by atoms with Crippen LogP contribution in [0, 0.1) is 13.8 Å². The third kappa shape index (κ3) is 5.99. The largest absolute Gasteiger partial charge is 0.378 e. The Balaban J connectivity index is 1.86. The Labute approximate surface area is 157 Å². The molecule has 0 bridgehead atoms. The Hall–Kier alpha value is -1.60. The fraction of sp³-hybridized carbons (Fsp3) is 0.632. The molecule has 0 heterocycles. The number of sulfonamides is 1. The SMILES string of the molecule is Cc1cccc(N(CC(=O)NCCCOC2CCCC2)S(C)(=O)=O)c1C. The van der Waals surface area contributed by atoms with Crippen LogP contribution in [0.2, 0.25) is 0 Å². The molecule has 0 spiro atoms. The van der Waals surface area contributed by atoms with Gasteiger partial charge in [-0.2, -0.15) is 0 Å².